The predicted octanol–water partition coefficient (Wildman–Crippen LogP) is 1.42. The molecule has 0 spiro atoms. The molecule has 0 radical (unpaired) electrons. The summed E-state index contributed by atoms with van der Waals surface area (Å²) in [6, 6.07) is 5.00. The smallest absolute Gasteiger partial charge is 0.295 e. The molecule has 0 aliphatic carbocycles. The van der Waals surface area contributed by atoms with Gasteiger partial charge in [0.15, 0.2) is 5.15 Å². The number of nitrogens with zero attached hydrogens (tertiary/aromatic N) is 5. The molecule has 0 aliphatic rings. The van der Waals surface area contributed by atoms with Crippen LogP contribution in [0.1, 0.15) is 10.6 Å². The van der Waals surface area contributed by atoms with Gasteiger partial charge in [-0.15, -0.1) is 5.10 Å². The number of hydrogen-bond acceptors (Lipinski definition) is 5. The van der Waals surface area contributed by atoms with Crippen molar-refractivity contribution in [1.29, 1.82) is 0 Å². The fourth-order valence-electron chi connectivity index (χ4n) is 1.49. The van der Waals surface area contributed by atoms with Crippen molar-refractivity contribution in [3.05, 3.63) is 47.8 Å². The summed E-state index contributed by atoms with van der Waals surface area (Å²) in [5, 5.41) is 6.80. The lowest BCUT2D eigenvalue weighted by molar-refractivity contribution is 0.101. The number of hydrogen-bond donors (Lipinski definition) is 1. The van der Waals surface area contributed by atoms with E-state index in [4.69, 9.17) is 11.6 Å². The maximum absolute atomic E-state index is 12.0. The number of anilines is 1. The summed E-state index contributed by atoms with van der Waals surface area (Å²) in [6.07, 6.45) is 4.76. The summed E-state index contributed by atoms with van der Waals surface area (Å²) in [6.45, 7) is 0. The lowest BCUT2D eigenvalue weighted by Crippen LogP contribution is -2.14. The highest BCUT2D eigenvalue weighted by Gasteiger charge is 2.14. The second-order valence-electron chi connectivity index (χ2n) is 3.60. The van der Waals surface area contributed by atoms with Gasteiger partial charge in [0.05, 0.1) is 5.69 Å². The van der Waals surface area contributed by atoms with E-state index in [2.05, 4.69) is 25.4 Å². The van der Waals surface area contributed by atoms with Crippen LogP contribution in [0.4, 0.5) is 5.69 Å². The van der Waals surface area contributed by atoms with Crippen LogP contribution < -0.4 is 5.32 Å². The molecule has 3 rings (SSSR count). The van der Waals surface area contributed by atoms with E-state index < -0.39 is 5.91 Å². The van der Waals surface area contributed by atoms with Gasteiger partial charge in [0.2, 0.25) is 5.82 Å². The SMILES string of the molecule is O=C(Nc1cccnc1Cl)c1nc2ncccn2n1. The van der Waals surface area contributed by atoms with E-state index in [1.807, 2.05) is 0 Å². The first kappa shape index (κ1) is 11.5. The minimum Gasteiger partial charge on any atom is -0.317 e. The Kier molecular flexibility index (Phi) is 2.81. The van der Waals surface area contributed by atoms with Crippen LogP contribution in [0.25, 0.3) is 5.78 Å². The fraction of sp³-hybridized carbons (Fsp3) is 0. The molecule has 0 aliphatic heterocycles. The van der Waals surface area contributed by atoms with Gasteiger partial charge in [-0.1, -0.05) is 11.6 Å². The molecule has 7 nitrogen and oxygen atoms in total. The Labute approximate surface area is 112 Å². The largest absolute Gasteiger partial charge is 0.317 e. The van der Waals surface area contributed by atoms with Crippen LogP contribution in [-0.2, 0) is 0 Å². The van der Waals surface area contributed by atoms with Crippen LogP contribution in [0.3, 0.4) is 0 Å². The Morgan fingerprint density at radius 3 is 2.89 bits per heavy atom. The van der Waals surface area contributed by atoms with Crippen molar-refractivity contribution in [2.24, 2.45) is 0 Å². The molecule has 3 aromatic heterocycles. The van der Waals surface area contributed by atoms with Crippen LogP contribution in [0.2, 0.25) is 5.15 Å². The van der Waals surface area contributed by atoms with Crippen molar-refractivity contribution in [2.75, 3.05) is 5.32 Å². The molecule has 0 bridgehead atoms. The maximum Gasteiger partial charge on any atom is 0.295 e. The minimum absolute atomic E-state index is 0.0126. The molecule has 94 valence electrons. The van der Waals surface area contributed by atoms with Crippen LogP contribution in [0.15, 0.2) is 36.8 Å². The monoisotopic (exact) mass is 274 g/mol. The van der Waals surface area contributed by atoms with Crippen molar-refractivity contribution in [2.45, 2.75) is 0 Å². The highest BCUT2D eigenvalue weighted by molar-refractivity contribution is 6.32. The Morgan fingerprint density at radius 1 is 1.26 bits per heavy atom. The third kappa shape index (κ3) is 2.23. The topological polar surface area (TPSA) is 85.1 Å². The van der Waals surface area contributed by atoms with Crippen molar-refractivity contribution >= 4 is 29.0 Å². The average molecular weight is 275 g/mol. The molecule has 0 atom stereocenters. The molecule has 1 N–H and O–H groups in total. The summed E-state index contributed by atoms with van der Waals surface area (Å²) in [5.41, 5.74) is 0.404. The summed E-state index contributed by atoms with van der Waals surface area (Å²) in [4.78, 5) is 23.8. The molecule has 0 saturated carbocycles. The highest BCUT2D eigenvalue weighted by atomic mass is 35.5. The van der Waals surface area contributed by atoms with Gasteiger partial charge >= 0.3 is 0 Å². The molecule has 3 heterocycles. The van der Waals surface area contributed by atoms with Gasteiger partial charge < -0.3 is 5.32 Å². The van der Waals surface area contributed by atoms with Gasteiger partial charge in [0, 0.05) is 18.6 Å². The van der Waals surface area contributed by atoms with E-state index in [1.54, 1.807) is 30.6 Å². The Bertz CT molecular complexity index is 723. The fourth-order valence-corrected chi connectivity index (χ4v) is 1.65. The first-order chi connectivity index (χ1) is 9.24. The summed E-state index contributed by atoms with van der Waals surface area (Å²) in [5.74, 6) is -0.107. The summed E-state index contributed by atoms with van der Waals surface area (Å²) < 4.78 is 1.42. The number of carbonyl (C=O) groups is 1. The van der Waals surface area contributed by atoms with E-state index in [0.717, 1.165) is 0 Å². The van der Waals surface area contributed by atoms with Crippen LogP contribution in [-0.4, -0.2) is 30.5 Å². The molecule has 19 heavy (non-hydrogen) atoms. The van der Waals surface area contributed by atoms with E-state index in [-0.39, 0.29) is 11.0 Å². The van der Waals surface area contributed by atoms with E-state index >= 15 is 0 Å². The van der Waals surface area contributed by atoms with E-state index in [0.29, 0.717) is 11.5 Å². The van der Waals surface area contributed by atoms with Gasteiger partial charge in [-0.25, -0.2) is 14.5 Å². The molecular formula is C11H7ClN6O. The molecule has 8 heteroatoms. The molecule has 3 aromatic rings. The van der Waals surface area contributed by atoms with Crippen LogP contribution in [0.5, 0.6) is 0 Å². The average Bonchev–Trinajstić information content (AvgIpc) is 2.85. The quantitative estimate of drug-likeness (QED) is 0.715. The van der Waals surface area contributed by atoms with Gasteiger partial charge in [0.1, 0.15) is 0 Å². The van der Waals surface area contributed by atoms with Crippen molar-refractivity contribution in [3.8, 4) is 0 Å². The number of fused-ring (bicyclic) bond motifs is 1. The number of pyridine rings is 1. The zero-order valence-corrected chi connectivity index (χ0v) is 10.2. The molecule has 0 unspecified atom stereocenters. The van der Waals surface area contributed by atoms with Crippen LogP contribution >= 0.6 is 11.6 Å². The van der Waals surface area contributed by atoms with Crippen molar-refractivity contribution in [3.63, 3.8) is 0 Å². The zero-order chi connectivity index (χ0) is 13.2. The lowest BCUT2D eigenvalue weighted by Gasteiger charge is -2.02. The summed E-state index contributed by atoms with van der Waals surface area (Å²) >= 11 is 5.85. The molecule has 0 saturated heterocycles. The Balaban J connectivity index is 1.90. The zero-order valence-electron chi connectivity index (χ0n) is 9.49. The van der Waals surface area contributed by atoms with Crippen LogP contribution in [0, 0.1) is 0 Å². The van der Waals surface area contributed by atoms with Gasteiger partial charge in [-0.05, 0) is 18.2 Å². The standard InChI is InChI=1S/C11H7ClN6O/c12-8-7(3-1-4-13-8)15-10(19)9-16-11-14-5-2-6-18(11)17-9/h1-6H,(H,15,19). The first-order valence-corrected chi connectivity index (χ1v) is 5.71. The predicted molar refractivity (Wildman–Crippen MR) is 68.0 cm³/mol. The van der Waals surface area contributed by atoms with Crippen molar-refractivity contribution < 1.29 is 4.79 Å². The first-order valence-electron chi connectivity index (χ1n) is 5.33. The second kappa shape index (κ2) is 4.62. The number of carbonyl (C=O) groups excluding carboxylic acids is 1. The lowest BCUT2D eigenvalue weighted by atomic mass is 10.4. The second-order valence-corrected chi connectivity index (χ2v) is 3.95. The molecule has 0 aromatic carbocycles. The number of halogens is 1. The third-order valence-corrected chi connectivity index (χ3v) is 2.63. The van der Waals surface area contributed by atoms with Gasteiger partial charge in [0.25, 0.3) is 11.7 Å². The number of aromatic nitrogens is 5. The molecular weight excluding hydrogens is 268 g/mol. The van der Waals surface area contributed by atoms with Crippen molar-refractivity contribution in [1.82, 2.24) is 24.6 Å². The third-order valence-electron chi connectivity index (χ3n) is 2.33. The van der Waals surface area contributed by atoms with Gasteiger partial charge in [-0.2, -0.15) is 4.98 Å². The number of rotatable bonds is 2. The minimum atomic E-state index is -0.472. The maximum atomic E-state index is 12.0. The summed E-state index contributed by atoms with van der Waals surface area (Å²) in [7, 11) is 0. The highest BCUT2D eigenvalue weighted by Crippen LogP contribution is 2.17. The van der Waals surface area contributed by atoms with E-state index in [1.165, 1.54) is 10.7 Å². The van der Waals surface area contributed by atoms with E-state index in [9.17, 15) is 4.79 Å². The van der Waals surface area contributed by atoms with Gasteiger partial charge in [-0.3, -0.25) is 4.79 Å². The molecule has 0 fully saturated rings. The Hall–Kier alpha value is -2.54. The number of nitrogens with one attached hydrogen (secondary N) is 1. The number of amides is 1. The molecule has 1 amide bonds. The normalized spacial score (nSPS) is 10.6. The Morgan fingerprint density at radius 2 is 2.11 bits per heavy atom.